The number of nitrogens with one attached hydrogen (secondary N) is 1. The fraction of sp³-hybridized carbons (Fsp3) is 0.500. The number of ether oxygens (including phenoxy) is 1. The highest BCUT2D eigenvalue weighted by molar-refractivity contribution is 7.89. The van der Waals surface area contributed by atoms with E-state index in [1.165, 1.54) is 6.07 Å². The fourth-order valence-corrected chi connectivity index (χ4v) is 3.85. The lowest BCUT2D eigenvalue weighted by Gasteiger charge is -2.20. The monoisotopic (exact) mass is 322 g/mol. The SMILES string of the molecule is CC(NS(=O)(=O)c1cc(N)cc(Cl)c1F)C1CCCO1. The van der Waals surface area contributed by atoms with Crippen LogP contribution >= 0.6 is 11.6 Å². The summed E-state index contributed by atoms with van der Waals surface area (Å²) < 4.78 is 46.1. The minimum absolute atomic E-state index is 0.0848. The van der Waals surface area contributed by atoms with Gasteiger partial charge in [0.05, 0.1) is 11.1 Å². The van der Waals surface area contributed by atoms with E-state index in [1.807, 2.05) is 0 Å². The number of nitrogen functional groups attached to an aromatic ring is 1. The second-order valence-corrected chi connectivity index (χ2v) is 6.87. The van der Waals surface area contributed by atoms with Gasteiger partial charge in [0.1, 0.15) is 4.90 Å². The first-order valence-electron chi connectivity index (χ1n) is 6.19. The number of benzene rings is 1. The second kappa shape index (κ2) is 5.85. The zero-order valence-electron chi connectivity index (χ0n) is 10.9. The molecule has 0 aromatic heterocycles. The summed E-state index contributed by atoms with van der Waals surface area (Å²) in [5.74, 6) is -1.01. The Morgan fingerprint density at radius 1 is 1.55 bits per heavy atom. The molecule has 1 aliphatic heterocycles. The minimum Gasteiger partial charge on any atom is -0.399 e. The molecule has 0 amide bonds. The van der Waals surface area contributed by atoms with Crippen LogP contribution in [0.3, 0.4) is 0 Å². The Kier molecular flexibility index (Phi) is 4.53. The van der Waals surface area contributed by atoms with Gasteiger partial charge >= 0.3 is 0 Å². The van der Waals surface area contributed by atoms with Crippen LogP contribution in [0.1, 0.15) is 19.8 Å². The van der Waals surface area contributed by atoms with Gasteiger partial charge in [0, 0.05) is 18.3 Å². The number of hydrogen-bond donors (Lipinski definition) is 2. The molecule has 2 unspecified atom stereocenters. The minimum atomic E-state index is -4.04. The fourth-order valence-electron chi connectivity index (χ4n) is 2.16. The van der Waals surface area contributed by atoms with E-state index in [-0.39, 0.29) is 16.8 Å². The first-order chi connectivity index (χ1) is 9.31. The van der Waals surface area contributed by atoms with E-state index in [0.29, 0.717) is 6.61 Å². The van der Waals surface area contributed by atoms with Crippen molar-refractivity contribution in [2.75, 3.05) is 12.3 Å². The Hall–Kier alpha value is -0.890. The maximum Gasteiger partial charge on any atom is 0.243 e. The number of hydrogen-bond acceptors (Lipinski definition) is 4. The van der Waals surface area contributed by atoms with E-state index < -0.39 is 26.8 Å². The van der Waals surface area contributed by atoms with E-state index >= 15 is 0 Å². The Morgan fingerprint density at radius 2 is 2.25 bits per heavy atom. The molecule has 1 aromatic rings. The summed E-state index contributed by atoms with van der Waals surface area (Å²) >= 11 is 5.62. The van der Waals surface area contributed by atoms with Crippen LogP contribution in [0, 0.1) is 5.82 Å². The van der Waals surface area contributed by atoms with Gasteiger partial charge in [-0.1, -0.05) is 11.6 Å². The highest BCUT2D eigenvalue weighted by Gasteiger charge is 2.29. The lowest BCUT2D eigenvalue weighted by molar-refractivity contribution is 0.0902. The first kappa shape index (κ1) is 15.5. The first-order valence-corrected chi connectivity index (χ1v) is 8.06. The van der Waals surface area contributed by atoms with Crippen molar-refractivity contribution in [3.63, 3.8) is 0 Å². The van der Waals surface area contributed by atoms with Crippen molar-refractivity contribution in [3.8, 4) is 0 Å². The van der Waals surface area contributed by atoms with Gasteiger partial charge in [0.25, 0.3) is 0 Å². The average molecular weight is 323 g/mol. The summed E-state index contributed by atoms with van der Waals surface area (Å²) in [6.07, 6.45) is 1.45. The lowest BCUT2D eigenvalue weighted by Crippen LogP contribution is -2.41. The van der Waals surface area contributed by atoms with Crippen LogP contribution in [0.15, 0.2) is 17.0 Å². The maximum atomic E-state index is 13.9. The molecule has 0 radical (unpaired) electrons. The molecule has 0 spiro atoms. The number of sulfonamides is 1. The molecule has 0 bridgehead atoms. The molecule has 3 N–H and O–H groups in total. The zero-order valence-corrected chi connectivity index (χ0v) is 12.5. The van der Waals surface area contributed by atoms with E-state index in [4.69, 9.17) is 22.1 Å². The summed E-state index contributed by atoms with van der Waals surface area (Å²) in [5.41, 5.74) is 5.59. The predicted octanol–water partition coefficient (Wildman–Crippen LogP) is 1.91. The van der Waals surface area contributed by atoms with Crippen molar-refractivity contribution in [2.24, 2.45) is 0 Å². The number of halogens is 2. The molecular weight excluding hydrogens is 307 g/mol. The Bertz CT molecular complexity index is 603. The predicted molar refractivity (Wildman–Crippen MR) is 74.6 cm³/mol. The molecular formula is C12H16ClFN2O3S. The standard InChI is InChI=1S/C12H16ClFN2O3S/c1-7(10-3-2-4-19-10)16-20(17,18)11-6-8(15)5-9(13)12(11)14/h5-7,10,16H,2-4,15H2,1H3. The third-order valence-electron chi connectivity index (χ3n) is 3.17. The molecule has 1 saturated heterocycles. The molecule has 112 valence electrons. The Labute approximate surface area is 122 Å². The van der Waals surface area contributed by atoms with E-state index in [1.54, 1.807) is 6.92 Å². The van der Waals surface area contributed by atoms with Gasteiger partial charge in [0.15, 0.2) is 5.82 Å². The zero-order chi connectivity index (χ0) is 14.9. The van der Waals surface area contributed by atoms with Crippen molar-refractivity contribution in [1.82, 2.24) is 4.72 Å². The van der Waals surface area contributed by atoms with Gasteiger partial charge in [0.2, 0.25) is 10.0 Å². The molecule has 0 saturated carbocycles. The van der Waals surface area contributed by atoms with Gasteiger partial charge in [-0.3, -0.25) is 0 Å². The highest BCUT2D eigenvalue weighted by Crippen LogP contribution is 2.26. The van der Waals surface area contributed by atoms with Crippen LogP contribution in [0.4, 0.5) is 10.1 Å². The molecule has 1 heterocycles. The number of nitrogens with two attached hydrogens (primary N) is 1. The Morgan fingerprint density at radius 3 is 2.85 bits per heavy atom. The molecule has 1 aliphatic rings. The molecule has 2 rings (SSSR count). The summed E-state index contributed by atoms with van der Waals surface area (Å²) in [6, 6.07) is 1.76. The van der Waals surface area contributed by atoms with Crippen LogP contribution < -0.4 is 10.5 Å². The molecule has 8 heteroatoms. The summed E-state index contributed by atoms with van der Waals surface area (Å²) in [6.45, 7) is 2.29. The maximum absolute atomic E-state index is 13.9. The summed E-state index contributed by atoms with van der Waals surface area (Å²) in [7, 11) is -4.04. The van der Waals surface area contributed by atoms with Gasteiger partial charge < -0.3 is 10.5 Å². The third kappa shape index (κ3) is 3.22. The molecule has 0 aliphatic carbocycles. The van der Waals surface area contributed by atoms with Gasteiger partial charge in [-0.05, 0) is 31.9 Å². The smallest absolute Gasteiger partial charge is 0.243 e. The molecule has 20 heavy (non-hydrogen) atoms. The molecule has 2 atom stereocenters. The quantitative estimate of drug-likeness (QED) is 0.830. The summed E-state index contributed by atoms with van der Waals surface area (Å²) in [4.78, 5) is -0.549. The van der Waals surface area contributed by atoms with Crippen molar-refractivity contribution in [2.45, 2.75) is 36.8 Å². The van der Waals surface area contributed by atoms with Crippen LogP contribution in [-0.4, -0.2) is 27.2 Å². The topological polar surface area (TPSA) is 81.4 Å². The molecule has 1 aromatic carbocycles. The largest absolute Gasteiger partial charge is 0.399 e. The second-order valence-electron chi connectivity index (χ2n) is 4.78. The van der Waals surface area contributed by atoms with Gasteiger partial charge in [-0.2, -0.15) is 0 Å². The summed E-state index contributed by atoms with van der Waals surface area (Å²) in [5, 5.41) is -0.324. The van der Waals surface area contributed by atoms with Crippen molar-refractivity contribution < 1.29 is 17.5 Å². The van der Waals surface area contributed by atoms with Crippen LogP contribution in [-0.2, 0) is 14.8 Å². The van der Waals surface area contributed by atoms with Crippen LogP contribution in [0.25, 0.3) is 0 Å². The number of rotatable bonds is 4. The van der Waals surface area contributed by atoms with E-state index in [0.717, 1.165) is 18.9 Å². The van der Waals surface area contributed by atoms with Crippen LogP contribution in [0.5, 0.6) is 0 Å². The lowest BCUT2D eigenvalue weighted by atomic mass is 10.1. The normalized spacial score (nSPS) is 21.1. The van der Waals surface area contributed by atoms with E-state index in [9.17, 15) is 12.8 Å². The Balaban J connectivity index is 2.26. The van der Waals surface area contributed by atoms with Crippen molar-refractivity contribution >= 4 is 27.3 Å². The molecule has 1 fully saturated rings. The van der Waals surface area contributed by atoms with Gasteiger partial charge in [-0.25, -0.2) is 17.5 Å². The van der Waals surface area contributed by atoms with Crippen molar-refractivity contribution in [1.29, 1.82) is 0 Å². The average Bonchev–Trinajstić information content (AvgIpc) is 2.86. The van der Waals surface area contributed by atoms with Gasteiger partial charge in [-0.15, -0.1) is 0 Å². The number of anilines is 1. The van der Waals surface area contributed by atoms with Crippen LogP contribution in [0.2, 0.25) is 5.02 Å². The molecule has 5 nitrogen and oxygen atoms in total. The highest BCUT2D eigenvalue weighted by atomic mass is 35.5. The van der Waals surface area contributed by atoms with E-state index in [2.05, 4.69) is 4.72 Å². The third-order valence-corrected chi connectivity index (χ3v) is 5.00. The van der Waals surface area contributed by atoms with Crippen molar-refractivity contribution in [3.05, 3.63) is 23.0 Å².